The van der Waals surface area contributed by atoms with Crippen molar-refractivity contribution in [2.75, 3.05) is 0 Å². The minimum atomic E-state index is 0.505. The van der Waals surface area contributed by atoms with Crippen LogP contribution in [0.25, 0.3) is 0 Å². The van der Waals surface area contributed by atoms with Gasteiger partial charge in [-0.1, -0.05) is 60.8 Å². The van der Waals surface area contributed by atoms with Crippen LogP contribution in [0.4, 0.5) is 0 Å². The summed E-state index contributed by atoms with van der Waals surface area (Å²) in [5.74, 6) is 11.5. The molecule has 336 valence electrons. The highest BCUT2D eigenvalue weighted by Gasteiger charge is 2.60. The monoisotopic (exact) mass is 830 g/mol. The molecule has 10 rings (SSSR count). The number of hydrogen-bond acceptors (Lipinski definition) is 3. The van der Waals surface area contributed by atoms with Crippen molar-refractivity contribution in [2.45, 2.75) is 269 Å². The van der Waals surface area contributed by atoms with Gasteiger partial charge in [0.2, 0.25) is 0 Å². The second-order valence-electron chi connectivity index (χ2n) is 26.4. The van der Waals surface area contributed by atoms with Gasteiger partial charge in [0.1, 0.15) is 0 Å². The van der Waals surface area contributed by atoms with E-state index in [1.807, 2.05) is 0 Å². The summed E-state index contributed by atoms with van der Waals surface area (Å²) in [6, 6.07) is 2.62. The van der Waals surface area contributed by atoms with Crippen LogP contribution in [0.1, 0.15) is 228 Å². The molecule has 0 amide bonds. The Kier molecular flexibility index (Phi) is 13.1. The molecule has 2 heterocycles. The summed E-state index contributed by atoms with van der Waals surface area (Å²) in [7, 11) is 0. The average Bonchev–Trinajstić information content (AvgIpc) is 3.83. The Morgan fingerprint density at radius 2 is 0.780 bits per heavy atom. The fraction of sp³-hybridized carbons (Fsp3) is 1.00. The Morgan fingerprint density at radius 1 is 0.356 bits per heavy atom. The van der Waals surface area contributed by atoms with Crippen molar-refractivity contribution in [2.24, 2.45) is 81.8 Å². The largest absolute Gasteiger partial charge is 0.374 e. The van der Waals surface area contributed by atoms with E-state index < -0.39 is 0 Å². The molecule has 0 aromatic heterocycles. The molecule has 10 aliphatic rings. The summed E-state index contributed by atoms with van der Waals surface area (Å²) in [5, 5.41) is 1.91. The second kappa shape index (κ2) is 17.9. The van der Waals surface area contributed by atoms with Gasteiger partial charge in [-0.25, -0.2) is 0 Å². The maximum atomic E-state index is 7.60. The third-order valence-electron chi connectivity index (χ3n) is 21.8. The smallest absolute Gasteiger partial charge is 0.0652 e. The Labute approximate surface area is 370 Å². The summed E-state index contributed by atoms with van der Waals surface area (Å²) < 4.78 is 7.60. The van der Waals surface area contributed by atoms with Gasteiger partial charge >= 0.3 is 0 Å². The summed E-state index contributed by atoms with van der Waals surface area (Å²) in [6.45, 7) is 15.0. The molecule has 59 heavy (non-hydrogen) atoms. The Morgan fingerprint density at radius 3 is 1.29 bits per heavy atom. The molecule has 0 radical (unpaired) electrons. The highest BCUT2D eigenvalue weighted by Crippen LogP contribution is 2.62. The molecule has 0 bridgehead atoms. The summed E-state index contributed by atoms with van der Waals surface area (Å²) in [6.07, 6.45) is 45.2. The van der Waals surface area contributed by atoms with Crippen LogP contribution < -0.4 is 0 Å². The van der Waals surface area contributed by atoms with Crippen molar-refractivity contribution in [3.8, 4) is 0 Å². The van der Waals surface area contributed by atoms with E-state index in [2.05, 4.69) is 58.2 Å². The first kappa shape index (κ1) is 43.2. The van der Waals surface area contributed by atoms with Crippen molar-refractivity contribution in [1.82, 2.24) is 4.90 Å². The molecule has 0 spiro atoms. The van der Waals surface area contributed by atoms with Gasteiger partial charge in [0, 0.05) is 34.5 Å². The maximum Gasteiger partial charge on any atom is 0.0652 e. The maximum absolute atomic E-state index is 7.60. The summed E-state index contributed by atoms with van der Waals surface area (Å²) >= 11 is 2.45. The third-order valence-corrected chi connectivity index (χ3v) is 23.7. The first-order chi connectivity index (χ1) is 28.5. The lowest BCUT2D eigenvalue weighted by atomic mass is 9.62. The van der Waals surface area contributed by atoms with Crippen molar-refractivity contribution in [3.63, 3.8) is 0 Å². The topological polar surface area (TPSA) is 12.5 Å². The van der Waals surface area contributed by atoms with Gasteiger partial charge in [-0.2, -0.15) is 11.8 Å². The normalized spacial score (nSPS) is 49.8. The molecule has 2 aliphatic heterocycles. The Hall–Kier alpha value is 0.270. The number of hydrogen-bond donors (Lipinski definition) is 0. The predicted octanol–water partition coefficient (Wildman–Crippen LogP) is 15.6. The van der Waals surface area contributed by atoms with Crippen LogP contribution in [0.5, 0.6) is 0 Å². The van der Waals surface area contributed by atoms with Crippen LogP contribution in [-0.2, 0) is 4.74 Å². The van der Waals surface area contributed by atoms with Gasteiger partial charge in [-0.05, 0) is 243 Å². The lowest BCUT2D eigenvalue weighted by molar-refractivity contribution is -0.0777. The molecule has 10 fully saturated rings. The molecule has 2 nitrogen and oxygen atoms in total. The first-order valence-electron chi connectivity index (χ1n) is 27.6. The van der Waals surface area contributed by atoms with E-state index >= 15 is 0 Å². The lowest BCUT2D eigenvalue weighted by Gasteiger charge is -2.52. The van der Waals surface area contributed by atoms with Crippen LogP contribution >= 0.6 is 11.8 Å². The van der Waals surface area contributed by atoms with Gasteiger partial charge in [0.05, 0.1) is 12.2 Å². The first-order valence-corrected chi connectivity index (χ1v) is 28.5. The zero-order chi connectivity index (χ0) is 40.5. The molecule has 0 aromatic rings. The number of fused-ring (bicyclic) bond motifs is 7. The molecule has 3 heteroatoms. The molecule has 9 unspecified atom stereocenters. The molecule has 9 atom stereocenters. The van der Waals surface area contributed by atoms with Crippen molar-refractivity contribution < 1.29 is 4.74 Å². The minimum Gasteiger partial charge on any atom is -0.374 e. The van der Waals surface area contributed by atoms with Crippen LogP contribution in [0.2, 0.25) is 0 Å². The van der Waals surface area contributed by atoms with Gasteiger partial charge in [0.25, 0.3) is 0 Å². The quantitative estimate of drug-likeness (QED) is 0.265. The highest BCUT2D eigenvalue weighted by atomic mass is 32.2. The lowest BCUT2D eigenvalue weighted by Crippen LogP contribution is -2.53. The molecule has 0 N–H and O–H groups in total. The predicted molar refractivity (Wildman–Crippen MR) is 252 cm³/mol. The zero-order valence-electron chi connectivity index (χ0n) is 39.7. The van der Waals surface area contributed by atoms with E-state index in [0.717, 1.165) is 99.6 Å². The van der Waals surface area contributed by atoms with Gasteiger partial charge in [0.15, 0.2) is 0 Å². The molecule has 8 aliphatic carbocycles. The third kappa shape index (κ3) is 8.86. The van der Waals surface area contributed by atoms with E-state index in [1.54, 1.807) is 25.7 Å². The second-order valence-corrected chi connectivity index (χ2v) is 27.9. The number of ether oxygens (including phenoxy) is 1. The SMILES string of the molecule is CC(C)(C)C1CCC(C2CCC(N(C3CCC(C4CCC(C(C)(C)C)CC4)CC3)C3CCC(C4CCCC5C6CCC7SC8CCCCC8C7C6OC45)CC3)CC2)CC1. The van der Waals surface area contributed by atoms with Crippen LogP contribution in [0.3, 0.4) is 0 Å². The standard InChI is InChI=1S/C56H95NOS/c1-55(2,3)41-24-14-36(15-25-41)38-18-28-43(29-19-38)57(44-30-20-39(21-31-44)37-16-26-42(27-17-37)56(4,5)6)45-32-22-40(23-33-45)46-11-9-12-47-48-34-35-51-52(54(48)58-53(46)47)49-10-7-8-13-50(49)59-51/h36-54H,7-35H2,1-6H3. The van der Waals surface area contributed by atoms with Crippen LogP contribution in [0, 0.1) is 81.8 Å². The van der Waals surface area contributed by atoms with E-state index in [9.17, 15) is 0 Å². The average molecular weight is 830 g/mol. The number of nitrogens with zero attached hydrogens (tertiary/aromatic N) is 1. The van der Waals surface area contributed by atoms with Crippen LogP contribution in [0.15, 0.2) is 0 Å². The fourth-order valence-corrected chi connectivity index (χ4v) is 20.5. The van der Waals surface area contributed by atoms with Crippen molar-refractivity contribution in [3.05, 3.63) is 0 Å². The highest BCUT2D eigenvalue weighted by molar-refractivity contribution is 8.00. The van der Waals surface area contributed by atoms with Crippen LogP contribution in [-0.4, -0.2) is 45.7 Å². The van der Waals surface area contributed by atoms with Gasteiger partial charge in [-0.15, -0.1) is 0 Å². The molecular formula is C56H95NOS. The van der Waals surface area contributed by atoms with E-state index in [0.29, 0.717) is 23.0 Å². The van der Waals surface area contributed by atoms with Gasteiger partial charge < -0.3 is 4.74 Å². The van der Waals surface area contributed by atoms with Crippen molar-refractivity contribution >= 4 is 11.8 Å². The Balaban J connectivity index is 0.784. The Bertz CT molecular complexity index is 1290. The van der Waals surface area contributed by atoms with Gasteiger partial charge in [-0.3, -0.25) is 4.90 Å². The zero-order valence-corrected chi connectivity index (χ0v) is 40.6. The molecule has 0 aromatic carbocycles. The van der Waals surface area contributed by atoms with Crippen molar-refractivity contribution in [1.29, 1.82) is 0 Å². The number of rotatable bonds is 6. The van der Waals surface area contributed by atoms with E-state index in [4.69, 9.17) is 4.74 Å². The van der Waals surface area contributed by atoms with E-state index in [-0.39, 0.29) is 0 Å². The molecular weight excluding hydrogens is 735 g/mol. The molecule has 8 saturated carbocycles. The minimum absolute atomic E-state index is 0.505. The molecule has 2 saturated heterocycles. The fourth-order valence-electron chi connectivity index (χ4n) is 18.5. The summed E-state index contributed by atoms with van der Waals surface area (Å²) in [4.78, 5) is 3.35. The van der Waals surface area contributed by atoms with E-state index in [1.165, 1.54) is 161 Å². The number of thioether (sulfide) groups is 1. The summed E-state index contributed by atoms with van der Waals surface area (Å²) in [5.41, 5.74) is 1.01.